The van der Waals surface area contributed by atoms with Crippen molar-refractivity contribution in [3.63, 3.8) is 0 Å². The Labute approximate surface area is 138 Å². The van der Waals surface area contributed by atoms with E-state index in [1.54, 1.807) is 4.90 Å². The number of benzene rings is 1. The molecule has 0 aliphatic carbocycles. The fraction of sp³-hybridized carbons (Fsp3) is 0.353. The standard InChI is InChI=1S/C17H19N3O4/c1-2-20(10-12-9-18-17(23)19-15(12)21)16(22)14-8-7-11-5-3-4-6-13(11)24-14/h3-6,9,14H,2,7-8,10H2,1H3,(H2,18,19,21,23). The van der Waals surface area contributed by atoms with E-state index in [9.17, 15) is 14.4 Å². The molecule has 1 aliphatic heterocycles. The highest BCUT2D eigenvalue weighted by Crippen LogP contribution is 2.27. The summed E-state index contributed by atoms with van der Waals surface area (Å²) in [5.41, 5.74) is 0.382. The second kappa shape index (κ2) is 6.74. The van der Waals surface area contributed by atoms with E-state index >= 15 is 0 Å². The fourth-order valence-electron chi connectivity index (χ4n) is 2.81. The monoisotopic (exact) mass is 329 g/mol. The van der Waals surface area contributed by atoms with E-state index < -0.39 is 17.4 Å². The molecular formula is C17H19N3O4. The molecule has 24 heavy (non-hydrogen) atoms. The summed E-state index contributed by atoms with van der Waals surface area (Å²) in [6.45, 7) is 2.41. The molecule has 1 unspecified atom stereocenters. The Morgan fingerprint density at radius 2 is 2.12 bits per heavy atom. The highest BCUT2D eigenvalue weighted by Gasteiger charge is 2.29. The third kappa shape index (κ3) is 3.24. The lowest BCUT2D eigenvalue weighted by molar-refractivity contribution is -0.139. The lowest BCUT2D eigenvalue weighted by Crippen LogP contribution is -2.44. The molecule has 2 heterocycles. The quantitative estimate of drug-likeness (QED) is 0.867. The molecule has 7 nitrogen and oxygen atoms in total. The van der Waals surface area contributed by atoms with Gasteiger partial charge in [-0.2, -0.15) is 0 Å². The van der Waals surface area contributed by atoms with Crippen LogP contribution in [0.3, 0.4) is 0 Å². The molecule has 0 spiro atoms. The van der Waals surface area contributed by atoms with Gasteiger partial charge in [0.05, 0.1) is 12.1 Å². The number of aromatic nitrogens is 2. The van der Waals surface area contributed by atoms with E-state index in [0.717, 1.165) is 17.7 Å². The first-order valence-corrected chi connectivity index (χ1v) is 7.92. The number of rotatable bonds is 4. The van der Waals surface area contributed by atoms with Gasteiger partial charge in [0.15, 0.2) is 6.10 Å². The predicted molar refractivity (Wildman–Crippen MR) is 88.0 cm³/mol. The van der Waals surface area contributed by atoms with Crippen LogP contribution in [0.1, 0.15) is 24.5 Å². The lowest BCUT2D eigenvalue weighted by Gasteiger charge is -2.30. The van der Waals surface area contributed by atoms with Crippen molar-refractivity contribution in [3.8, 4) is 5.75 Å². The SMILES string of the molecule is CCN(Cc1c[nH]c(=O)[nH]c1=O)C(=O)C1CCc2ccccc2O1. The van der Waals surface area contributed by atoms with Crippen LogP contribution in [0.5, 0.6) is 5.75 Å². The van der Waals surface area contributed by atoms with Gasteiger partial charge in [-0.3, -0.25) is 14.6 Å². The molecule has 1 aliphatic rings. The van der Waals surface area contributed by atoms with E-state index in [-0.39, 0.29) is 12.5 Å². The number of H-pyrrole nitrogens is 2. The topological polar surface area (TPSA) is 95.3 Å². The number of aromatic amines is 2. The molecule has 1 aromatic carbocycles. The van der Waals surface area contributed by atoms with Crippen molar-refractivity contribution in [2.24, 2.45) is 0 Å². The zero-order valence-electron chi connectivity index (χ0n) is 13.4. The number of para-hydroxylation sites is 1. The van der Waals surface area contributed by atoms with Gasteiger partial charge >= 0.3 is 5.69 Å². The number of carbonyl (C=O) groups excluding carboxylic acids is 1. The number of fused-ring (bicyclic) bond motifs is 1. The molecule has 0 bridgehead atoms. The summed E-state index contributed by atoms with van der Waals surface area (Å²) in [6.07, 6.45) is 2.17. The average Bonchev–Trinajstić information content (AvgIpc) is 2.60. The maximum absolute atomic E-state index is 12.7. The minimum absolute atomic E-state index is 0.128. The minimum atomic E-state index is -0.564. The van der Waals surface area contributed by atoms with Crippen LogP contribution < -0.4 is 16.0 Å². The third-order valence-electron chi connectivity index (χ3n) is 4.14. The van der Waals surface area contributed by atoms with Crippen molar-refractivity contribution < 1.29 is 9.53 Å². The number of amides is 1. The second-order valence-electron chi connectivity index (χ2n) is 5.70. The Bertz CT molecular complexity index is 855. The van der Waals surface area contributed by atoms with Gasteiger partial charge < -0.3 is 14.6 Å². The number of ether oxygens (including phenoxy) is 1. The van der Waals surface area contributed by atoms with Gasteiger partial charge in [0.25, 0.3) is 11.5 Å². The van der Waals surface area contributed by atoms with Gasteiger partial charge in [-0.25, -0.2) is 4.79 Å². The normalized spacial score (nSPS) is 16.1. The maximum Gasteiger partial charge on any atom is 0.325 e. The van der Waals surface area contributed by atoms with Crippen LogP contribution in [0.25, 0.3) is 0 Å². The van der Waals surface area contributed by atoms with Gasteiger partial charge in [0, 0.05) is 12.7 Å². The Balaban J connectivity index is 1.75. The summed E-state index contributed by atoms with van der Waals surface area (Å²) >= 11 is 0. The van der Waals surface area contributed by atoms with Gasteiger partial charge in [0.1, 0.15) is 5.75 Å². The lowest BCUT2D eigenvalue weighted by atomic mass is 10.0. The summed E-state index contributed by atoms with van der Waals surface area (Å²) in [7, 11) is 0. The Morgan fingerprint density at radius 1 is 1.33 bits per heavy atom. The van der Waals surface area contributed by atoms with Crippen LogP contribution in [0.4, 0.5) is 0 Å². The molecule has 0 saturated carbocycles. The molecule has 7 heteroatoms. The molecule has 1 aromatic heterocycles. The highest BCUT2D eigenvalue weighted by atomic mass is 16.5. The smallest absolute Gasteiger partial charge is 0.325 e. The number of hydrogen-bond acceptors (Lipinski definition) is 4. The van der Waals surface area contributed by atoms with Crippen molar-refractivity contribution in [3.05, 3.63) is 62.4 Å². The van der Waals surface area contributed by atoms with E-state index in [2.05, 4.69) is 9.97 Å². The van der Waals surface area contributed by atoms with Crippen LogP contribution in [0, 0.1) is 0 Å². The number of nitrogens with zero attached hydrogens (tertiary/aromatic N) is 1. The Morgan fingerprint density at radius 3 is 2.88 bits per heavy atom. The van der Waals surface area contributed by atoms with E-state index in [0.29, 0.717) is 18.5 Å². The van der Waals surface area contributed by atoms with Gasteiger partial charge in [-0.15, -0.1) is 0 Å². The van der Waals surface area contributed by atoms with Crippen molar-refractivity contribution in [2.45, 2.75) is 32.4 Å². The van der Waals surface area contributed by atoms with Crippen LogP contribution in [-0.4, -0.2) is 33.4 Å². The van der Waals surface area contributed by atoms with Gasteiger partial charge in [-0.05, 0) is 31.4 Å². The zero-order chi connectivity index (χ0) is 17.1. The molecular weight excluding hydrogens is 310 g/mol. The number of nitrogens with one attached hydrogen (secondary N) is 2. The summed E-state index contributed by atoms with van der Waals surface area (Å²) < 4.78 is 5.83. The fourth-order valence-corrected chi connectivity index (χ4v) is 2.81. The third-order valence-corrected chi connectivity index (χ3v) is 4.14. The first kappa shape index (κ1) is 16.0. The van der Waals surface area contributed by atoms with Crippen molar-refractivity contribution in [1.29, 1.82) is 0 Å². The molecule has 1 amide bonds. The minimum Gasteiger partial charge on any atom is -0.480 e. The molecule has 2 N–H and O–H groups in total. The Hall–Kier alpha value is -2.83. The second-order valence-corrected chi connectivity index (χ2v) is 5.70. The van der Waals surface area contributed by atoms with Gasteiger partial charge in [-0.1, -0.05) is 18.2 Å². The van der Waals surface area contributed by atoms with Crippen LogP contribution >= 0.6 is 0 Å². The molecule has 0 fully saturated rings. The predicted octanol–water partition coefficient (Wildman–Crippen LogP) is 0.805. The van der Waals surface area contributed by atoms with E-state index in [1.165, 1.54) is 6.20 Å². The first-order chi connectivity index (χ1) is 11.6. The van der Waals surface area contributed by atoms with Crippen LogP contribution in [-0.2, 0) is 17.8 Å². The molecule has 2 aromatic rings. The maximum atomic E-state index is 12.7. The molecule has 126 valence electrons. The van der Waals surface area contributed by atoms with Crippen molar-refractivity contribution in [1.82, 2.24) is 14.9 Å². The molecule has 1 atom stereocenters. The average molecular weight is 329 g/mol. The first-order valence-electron chi connectivity index (χ1n) is 7.92. The largest absolute Gasteiger partial charge is 0.480 e. The molecule has 3 rings (SSSR count). The molecule has 0 saturated heterocycles. The molecule has 0 radical (unpaired) electrons. The summed E-state index contributed by atoms with van der Waals surface area (Å²) in [5, 5.41) is 0. The zero-order valence-corrected chi connectivity index (χ0v) is 13.4. The summed E-state index contributed by atoms with van der Waals surface area (Å²) in [5.74, 6) is 0.581. The highest BCUT2D eigenvalue weighted by molar-refractivity contribution is 5.81. The van der Waals surface area contributed by atoms with Crippen molar-refractivity contribution >= 4 is 5.91 Å². The number of hydrogen-bond donors (Lipinski definition) is 2. The summed E-state index contributed by atoms with van der Waals surface area (Å²) in [6, 6.07) is 7.68. The van der Waals surface area contributed by atoms with Crippen LogP contribution in [0.2, 0.25) is 0 Å². The van der Waals surface area contributed by atoms with E-state index in [4.69, 9.17) is 4.74 Å². The number of carbonyl (C=O) groups is 1. The van der Waals surface area contributed by atoms with Gasteiger partial charge in [0.2, 0.25) is 0 Å². The number of aryl methyl sites for hydroxylation is 1. The Kier molecular flexibility index (Phi) is 4.50. The van der Waals surface area contributed by atoms with Crippen molar-refractivity contribution in [2.75, 3.05) is 6.54 Å². The van der Waals surface area contributed by atoms with Crippen LogP contribution in [0.15, 0.2) is 40.1 Å². The number of likely N-dealkylation sites (N-methyl/N-ethyl adjacent to an activating group) is 1. The summed E-state index contributed by atoms with van der Waals surface area (Å²) in [4.78, 5) is 41.8. The van der Waals surface area contributed by atoms with E-state index in [1.807, 2.05) is 31.2 Å².